The van der Waals surface area contributed by atoms with Crippen LogP contribution in [0.3, 0.4) is 0 Å². The lowest BCUT2D eigenvalue weighted by molar-refractivity contribution is -0.404. The molecule has 418 valence electrons. The Morgan fingerprint density at radius 3 is 1.93 bits per heavy atom. The Balaban J connectivity index is 0.837. The summed E-state index contributed by atoms with van der Waals surface area (Å²) in [5, 5.41) is 141. The van der Waals surface area contributed by atoms with Gasteiger partial charge in [-0.2, -0.15) is 0 Å². The Morgan fingerprint density at radius 1 is 0.603 bits per heavy atom. The van der Waals surface area contributed by atoms with E-state index in [4.69, 9.17) is 47.4 Å². The first-order chi connectivity index (χ1) is 34.7. The van der Waals surface area contributed by atoms with Gasteiger partial charge in [-0.05, 0) is 85.4 Å². The summed E-state index contributed by atoms with van der Waals surface area (Å²) in [6.07, 6.45) is -26.6. The zero-order chi connectivity index (χ0) is 52.2. The Bertz CT molecular complexity index is 1920. The maximum atomic E-state index is 11.9. The second-order valence-corrected chi connectivity index (χ2v) is 23.6. The fourth-order valence-corrected chi connectivity index (χ4v) is 15.3. The smallest absolute Gasteiger partial charge is 0.187 e. The molecule has 6 saturated heterocycles. The number of fused-ring (bicyclic) bond motifs is 7. The van der Waals surface area contributed by atoms with E-state index in [1.165, 1.54) is 0 Å². The molecule has 4 aliphatic carbocycles. The molecule has 10 aliphatic rings. The quantitative estimate of drug-likeness (QED) is 0.0898. The maximum Gasteiger partial charge on any atom is 0.187 e. The summed E-state index contributed by atoms with van der Waals surface area (Å²) in [5.41, 5.74) is 0.927. The van der Waals surface area contributed by atoms with E-state index in [2.05, 4.69) is 33.8 Å². The Kier molecular flexibility index (Phi) is 16.0. The second kappa shape index (κ2) is 21.1. The molecule has 1 spiro atoms. The van der Waals surface area contributed by atoms with Gasteiger partial charge in [-0.15, -0.1) is 0 Å². The van der Waals surface area contributed by atoms with Crippen LogP contribution in [0.15, 0.2) is 11.6 Å². The number of rotatable bonds is 11. The van der Waals surface area contributed by atoms with Crippen molar-refractivity contribution in [1.82, 2.24) is 0 Å². The summed E-state index contributed by atoms with van der Waals surface area (Å²) >= 11 is 0. The fraction of sp³-hybridized carbons (Fsp3) is 0.960. The van der Waals surface area contributed by atoms with Gasteiger partial charge in [-0.1, -0.05) is 39.3 Å². The van der Waals surface area contributed by atoms with Crippen LogP contribution in [0.5, 0.6) is 0 Å². The van der Waals surface area contributed by atoms with Crippen molar-refractivity contribution in [2.75, 3.05) is 33.0 Å². The van der Waals surface area contributed by atoms with Crippen LogP contribution < -0.4 is 0 Å². The van der Waals surface area contributed by atoms with Gasteiger partial charge in [0.2, 0.25) is 0 Å². The summed E-state index contributed by atoms with van der Waals surface area (Å²) in [5.74, 6) is 1.91. The largest absolute Gasteiger partial charge is 0.394 e. The third kappa shape index (κ3) is 9.41. The van der Waals surface area contributed by atoms with Crippen molar-refractivity contribution in [3.63, 3.8) is 0 Å². The first kappa shape index (κ1) is 55.1. The highest BCUT2D eigenvalue weighted by atomic mass is 16.8. The molecule has 0 radical (unpaired) electrons. The highest BCUT2D eigenvalue weighted by Crippen LogP contribution is 2.71. The van der Waals surface area contributed by atoms with Gasteiger partial charge < -0.3 is 114 Å². The van der Waals surface area contributed by atoms with E-state index in [0.717, 1.165) is 50.7 Å². The lowest BCUT2D eigenvalue weighted by Crippen LogP contribution is -2.68. The third-order valence-electron chi connectivity index (χ3n) is 19.5. The van der Waals surface area contributed by atoms with Crippen molar-refractivity contribution in [3.8, 4) is 0 Å². The molecule has 3 saturated carbocycles. The second-order valence-electron chi connectivity index (χ2n) is 23.6. The lowest BCUT2D eigenvalue weighted by atomic mass is 9.46. The molecule has 0 aromatic carbocycles. The van der Waals surface area contributed by atoms with Crippen LogP contribution in [0.25, 0.3) is 0 Å². The SMILES string of the molecule is C[C@@H]1CC[C@@]2(OC1)O[C@H]1CC3[C@@H]4CC=C5C[C@@H](O[C@H]6OC(CO)[C@H](O[C@@H]7OC(CO)[C@@H](O)C(O[C@H]8OC[C@@H](O)C(O)C8O)C7O[C@@H]7OC(CO)[C@H](O)C(O)C7O)C(O)C6O)[C@H](O)C[C@]5(C)C4CC[C@]3(C)C1[C@@H]2C. The van der Waals surface area contributed by atoms with Crippen LogP contribution in [-0.2, 0) is 47.4 Å². The van der Waals surface area contributed by atoms with Gasteiger partial charge in [-0.3, -0.25) is 0 Å². The molecule has 14 unspecified atom stereocenters. The lowest BCUT2D eigenvalue weighted by Gasteiger charge is -2.59. The van der Waals surface area contributed by atoms with Crippen molar-refractivity contribution < 1.29 is 114 Å². The maximum absolute atomic E-state index is 11.9. The Morgan fingerprint density at radius 2 is 1.23 bits per heavy atom. The predicted molar refractivity (Wildman–Crippen MR) is 244 cm³/mol. The molecule has 6 heterocycles. The molecule has 31 atom stereocenters. The molecule has 73 heavy (non-hydrogen) atoms. The van der Waals surface area contributed by atoms with Gasteiger partial charge in [0, 0.05) is 12.3 Å². The molecule has 0 amide bonds. The van der Waals surface area contributed by atoms with Crippen molar-refractivity contribution in [2.45, 2.75) is 220 Å². The van der Waals surface area contributed by atoms with Gasteiger partial charge >= 0.3 is 0 Å². The average molecular weight is 1050 g/mol. The minimum atomic E-state index is -2.02. The van der Waals surface area contributed by atoms with Crippen molar-refractivity contribution in [1.29, 1.82) is 0 Å². The number of hydrogen-bond acceptors (Lipinski definition) is 23. The number of aliphatic hydroxyl groups excluding tert-OH is 13. The van der Waals surface area contributed by atoms with Gasteiger partial charge in [0.1, 0.15) is 91.6 Å². The molecule has 6 aliphatic heterocycles. The average Bonchev–Trinajstić information content (AvgIpc) is 3.82. The molecule has 13 N–H and O–H groups in total. The van der Waals surface area contributed by atoms with E-state index in [-0.39, 0.29) is 16.9 Å². The molecular weight excluding hydrogens is 969 g/mol. The molecule has 0 aromatic heterocycles. The Hall–Kier alpha value is -1.18. The van der Waals surface area contributed by atoms with Gasteiger partial charge in [-0.25, -0.2) is 0 Å². The van der Waals surface area contributed by atoms with Crippen molar-refractivity contribution in [3.05, 3.63) is 11.6 Å². The number of hydrogen-bond donors (Lipinski definition) is 13. The topological polar surface area (TPSA) is 355 Å². The summed E-state index contributed by atoms with van der Waals surface area (Å²) in [6.45, 7) is 6.89. The molecule has 0 bridgehead atoms. The number of ether oxygens (including phenoxy) is 10. The summed E-state index contributed by atoms with van der Waals surface area (Å²) in [4.78, 5) is 0. The van der Waals surface area contributed by atoms with Crippen LogP contribution in [0, 0.1) is 46.3 Å². The highest BCUT2D eigenvalue weighted by molar-refractivity contribution is 5.27. The third-order valence-corrected chi connectivity index (χ3v) is 19.5. The van der Waals surface area contributed by atoms with E-state index in [1.807, 2.05) is 0 Å². The van der Waals surface area contributed by atoms with Crippen molar-refractivity contribution >= 4 is 0 Å². The van der Waals surface area contributed by atoms with Crippen LogP contribution >= 0.6 is 0 Å². The van der Waals surface area contributed by atoms with Crippen LogP contribution in [-0.4, -0.2) is 240 Å². The molecule has 23 nitrogen and oxygen atoms in total. The first-order valence-corrected chi connectivity index (χ1v) is 26.5. The molecule has 9 fully saturated rings. The highest BCUT2D eigenvalue weighted by Gasteiger charge is 2.69. The molecular formula is C50H80O23. The minimum Gasteiger partial charge on any atom is -0.394 e. The van der Waals surface area contributed by atoms with Crippen LogP contribution in [0.4, 0.5) is 0 Å². The minimum absolute atomic E-state index is 0.101. The molecule has 0 aromatic rings. The summed E-state index contributed by atoms with van der Waals surface area (Å²) in [7, 11) is 0. The first-order valence-electron chi connectivity index (χ1n) is 26.5. The van der Waals surface area contributed by atoms with Crippen LogP contribution in [0.2, 0.25) is 0 Å². The van der Waals surface area contributed by atoms with Gasteiger partial charge in [0.05, 0.1) is 51.3 Å². The Labute approximate surface area is 423 Å². The number of allylic oxidation sites excluding steroid dienone is 1. The van der Waals surface area contributed by atoms with E-state index >= 15 is 0 Å². The van der Waals surface area contributed by atoms with E-state index < -0.39 is 161 Å². The molecule has 10 rings (SSSR count). The fourth-order valence-electron chi connectivity index (χ4n) is 15.3. The zero-order valence-corrected chi connectivity index (χ0v) is 41.8. The predicted octanol–water partition coefficient (Wildman–Crippen LogP) is -3.38. The van der Waals surface area contributed by atoms with E-state index in [9.17, 15) is 66.4 Å². The summed E-state index contributed by atoms with van der Waals surface area (Å²) < 4.78 is 61.0. The summed E-state index contributed by atoms with van der Waals surface area (Å²) in [6, 6.07) is 0. The van der Waals surface area contributed by atoms with Crippen molar-refractivity contribution in [2.24, 2.45) is 46.3 Å². The monoisotopic (exact) mass is 1050 g/mol. The van der Waals surface area contributed by atoms with Gasteiger partial charge in [0.25, 0.3) is 0 Å². The standard InChI is InChI=1S/C50H80O23/c1-19-7-10-50(65-17-19)20(2)32-28(73-50)12-24-22-6-5-21-11-27(25(54)13-49(21,4)23(22)8-9-48(24,32)3)66-45-40(63)37(60)41(31(16-53)69-45)70-47-43(72-46-39(62)36(59)34(57)29(14-51)67-46)42(35(58)30(15-52)68-47)71-44-38(61)33(56)26(55)18-64-44/h5,19-20,22-47,51-63H,6-18H2,1-4H3/t19-,20+,22-,23?,24?,25-,26-,27-,28+,29?,30?,31?,32?,33?,34+,35-,36?,37?,38?,39?,40?,41+,42?,43?,44-,45+,46+,47+,48+,49+,50-/m1/s1. The normalized spacial score (nSPS) is 57.1. The molecule has 23 heteroatoms. The zero-order valence-electron chi connectivity index (χ0n) is 41.8. The number of aliphatic hydroxyl groups is 13. The van der Waals surface area contributed by atoms with Gasteiger partial charge in [0.15, 0.2) is 30.9 Å². The van der Waals surface area contributed by atoms with Crippen LogP contribution in [0.1, 0.15) is 79.1 Å². The van der Waals surface area contributed by atoms with E-state index in [0.29, 0.717) is 48.3 Å². The van der Waals surface area contributed by atoms with E-state index in [1.54, 1.807) is 0 Å².